The first-order chi connectivity index (χ1) is 12.1. The third-order valence-corrected chi connectivity index (χ3v) is 5.31. The third-order valence-electron chi connectivity index (χ3n) is 5.31. The molecule has 1 aromatic heterocycles. The molecule has 2 atom stereocenters. The van der Waals surface area contributed by atoms with E-state index in [9.17, 15) is 9.59 Å². The van der Waals surface area contributed by atoms with Crippen molar-refractivity contribution in [1.29, 1.82) is 0 Å². The van der Waals surface area contributed by atoms with E-state index >= 15 is 0 Å². The van der Waals surface area contributed by atoms with Crippen LogP contribution < -0.4 is 4.90 Å². The summed E-state index contributed by atoms with van der Waals surface area (Å²) in [6.07, 6.45) is 4.66. The molecule has 25 heavy (non-hydrogen) atoms. The molecule has 0 bridgehead atoms. The molecule has 0 aliphatic carbocycles. The van der Waals surface area contributed by atoms with Crippen LogP contribution in [0, 0.1) is 5.92 Å². The van der Waals surface area contributed by atoms with Gasteiger partial charge in [0.05, 0.1) is 23.8 Å². The lowest BCUT2D eigenvalue weighted by Gasteiger charge is -2.26. The third kappa shape index (κ3) is 2.80. The number of anilines is 1. The highest BCUT2D eigenvalue weighted by atomic mass is 16.2. The maximum atomic E-state index is 13.0. The summed E-state index contributed by atoms with van der Waals surface area (Å²) in [6, 6.07) is 11.9. The number of aromatic nitrogens is 1. The zero-order valence-electron chi connectivity index (χ0n) is 14.3. The van der Waals surface area contributed by atoms with E-state index < -0.39 is 0 Å². The van der Waals surface area contributed by atoms with Gasteiger partial charge in [-0.05, 0) is 30.5 Å². The van der Waals surface area contributed by atoms with Crippen molar-refractivity contribution in [3.8, 4) is 0 Å². The molecule has 1 saturated heterocycles. The number of benzene rings is 1. The largest absolute Gasteiger partial charge is 0.335 e. The van der Waals surface area contributed by atoms with Crippen LogP contribution in [0.3, 0.4) is 0 Å². The molecule has 1 aromatic carbocycles. The van der Waals surface area contributed by atoms with Crippen LogP contribution in [-0.4, -0.2) is 34.8 Å². The first-order valence-electron chi connectivity index (χ1n) is 8.74. The van der Waals surface area contributed by atoms with Gasteiger partial charge >= 0.3 is 0 Å². The Morgan fingerprint density at radius 3 is 2.84 bits per heavy atom. The van der Waals surface area contributed by atoms with Gasteiger partial charge in [0.2, 0.25) is 11.8 Å². The molecule has 3 heterocycles. The highest BCUT2D eigenvalue weighted by Gasteiger charge is 2.40. The number of hydrogen-bond acceptors (Lipinski definition) is 3. The summed E-state index contributed by atoms with van der Waals surface area (Å²) in [5, 5.41) is 0. The second kappa shape index (κ2) is 6.31. The summed E-state index contributed by atoms with van der Waals surface area (Å²) < 4.78 is 0. The Labute approximate surface area is 147 Å². The van der Waals surface area contributed by atoms with Crippen molar-refractivity contribution in [2.24, 2.45) is 5.92 Å². The number of likely N-dealkylation sites (tertiary alicyclic amines) is 1. The van der Waals surface area contributed by atoms with Gasteiger partial charge in [-0.3, -0.25) is 14.6 Å². The summed E-state index contributed by atoms with van der Waals surface area (Å²) in [5.74, 6) is -0.173. The fourth-order valence-corrected chi connectivity index (χ4v) is 3.85. The lowest BCUT2D eigenvalue weighted by Crippen LogP contribution is -2.36. The number of carbonyl (C=O) groups is 2. The molecule has 2 aliphatic heterocycles. The molecule has 5 heteroatoms. The lowest BCUT2D eigenvalue weighted by atomic mass is 10.1. The van der Waals surface area contributed by atoms with E-state index in [-0.39, 0.29) is 23.8 Å². The van der Waals surface area contributed by atoms with Crippen molar-refractivity contribution in [2.75, 3.05) is 18.0 Å². The monoisotopic (exact) mass is 335 g/mol. The van der Waals surface area contributed by atoms with Gasteiger partial charge in [0.25, 0.3) is 0 Å². The van der Waals surface area contributed by atoms with E-state index in [1.54, 1.807) is 17.3 Å². The number of carbonyl (C=O) groups excluding carboxylic acids is 2. The molecule has 1 fully saturated rings. The smallest absolute Gasteiger partial charge is 0.232 e. The second-order valence-corrected chi connectivity index (χ2v) is 6.78. The molecule has 5 nitrogen and oxygen atoms in total. The molecule has 2 unspecified atom stereocenters. The minimum absolute atomic E-state index is 0.0148. The van der Waals surface area contributed by atoms with Crippen molar-refractivity contribution >= 4 is 17.5 Å². The Kier molecular flexibility index (Phi) is 3.99. The average molecular weight is 335 g/mol. The molecule has 0 N–H and O–H groups in total. The molecular formula is C20H21N3O2. The minimum Gasteiger partial charge on any atom is -0.335 e. The van der Waals surface area contributed by atoms with Gasteiger partial charge in [0.1, 0.15) is 0 Å². The summed E-state index contributed by atoms with van der Waals surface area (Å²) in [7, 11) is 0. The van der Waals surface area contributed by atoms with Crippen molar-refractivity contribution in [3.63, 3.8) is 0 Å². The number of rotatable bonds is 3. The van der Waals surface area contributed by atoms with Crippen molar-refractivity contribution in [1.82, 2.24) is 9.88 Å². The van der Waals surface area contributed by atoms with Gasteiger partial charge in [-0.1, -0.05) is 30.3 Å². The fourth-order valence-electron chi connectivity index (χ4n) is 3.85. The molecule has 0 radical (unpaired) electrons. The fraction of sp³-hybridized carbons (Fsp3) is 0.350. The second-order valence-electron chi connectivity index (χ2n) is 6.78. The van der Waals surface area contributed by atoms with Crippen molar-refractivity contribution < 1.29 is 9.59 Å². The van der Waals surface area contributed by atoms with Crippen LogP contribution in [0.1, 0.15) is 30.5 Å². The Balaban J connectivity index is 1.50. The topological polar surface area (TPSA) is 53.5 Å². The minimum atomic E-state index is -0.273. The molecule has 0 spiro atoms. The van der Waals surface area contributed by atoms with E-state index in [1.807, 2.05) is 48.2 Å². The summed E-state index contributed by atoms with van der Waals surface area (Å²) in [4.78, 5) is 33.3. The predicted octanol–water partition coefficient (Wildman–Crippen LogP) is 2.58. The van der Waals surface area contributed by atoms with Crippen LogP contribution in [-0.2, 0) is 16.0 Å². The van der Waals surface area contributed by atoms with Crippen molar-refractivity contribution in [2.45, 2.75) is 25.8 Å². The van der Waals surface area contributed by atoms with Gasteiger partial charge in [-0.2, -0.15) is 0 Å². The van der Waals surface area contributed by atoms with E-state index in [2.05, 4.69) is 4.98 Å². The van der Waals surface area contributed by atoms with Gasteiger partial charge in [0, 0.05) is 25.7 Å². The number of pyridine rings is 1. The van der Waals surface area contributed by atoms with Crippen LogP contribution in [0.15, 0.2) is 48.8 Å². The molecule has 2 aliphatic rings. The van der Waals surface area contributed by atoms with Gasteiger partial charge in [-0.25, -0.2) is 0 Å². The molecule has 2 aromatic rings. The maximum Gasteiger partial charge on any atom is 0.232 e. The van der Waals surface area contributed by atoms with Crippen LogP contribution in [0.4, 0.5) is 5.69 Å². The van der Waals surface area contributed by atoms with Gasteiger partial charge < -0.3 is 9.80 Å². The summed E-state index contributed by atoms with van der Waals surface area (Å²) >= 11 is 0. The number of hydrogen-bond donors (Lipinski definition) is 0. The molecular weight excluding hydrogens is 314 g/mol. The normalized spacial score (nSPS) is 20.7. The van der Waals surface area contributed by atoms with E-state index in [0.717, 1.165) is 23.2 Å². The van der Waals surface area contributed by atoms with E-state index in [0.29, 0.717) is 19.5 Å². The van der Waals surface area contributed by atoms with Crippen molar-refractivity contribution in [3.05, 3.63) is 59.9 Å². The van der Waals surface area contributed by atoms with Gasteiger partial charge in [0.15, 0.2) is 0 Å². The Morgan fingerprint density at radius 1 is 1.24 bits per heavy atom. The number of amides is 2. The first-order valence-corrected chi connectivity index (χ1v) is 8.74. The van der Waals surface area contributed by atoms with E-state index in [1.165, 1.54) is 0 Å². The highest BCUT2D eigenvalue weighted by Crippen LogP contribution is 2.33. The Morgan fingerprint density at radius 2 is 2.04 bits per heavy atom. The average Bonchev–Trinajstić information content (AvgIpc) is 3.25. The van der Waals surface area contributed by atoms with Crippen LogP contribution in [0.5, 0.6) is 0 Å². The van der Waals surface area contributed by atoms with Crippen LogP contribution in [0.2, 0.25) is 0 Å². The number of nitrogens with zero attached hydrogens (tertiary/aromatic N) is 3. The molecule has 2 amide bonds. The summed E-state index contributed by atoms with van der Waals surface area (Å²) in [5.41, 5.74) is 3.15. The lowest BCUT2D eigenvalue weighted by molar-refractivity contribution is -0.130. The van der Waals surface area contributed by atoms with Gasteiger partial charge in [-0.15, -0.1) is 0 Å². The quantitative estimate of drug-likeness (QED) is 0.866. The first kappa shape index (κ1) is 15.8. The van der Waals surface area contributed by atoms with Crippen LogP contribution >= 0.6 is 0 Å². The number of fused-ring (bicyclic) bond motifs is 1. The zero-order valence-corrected chi connectivity index (χ0v) is 14.3. The molecule has 128 valence electrons. The highest BCUT2D eigenvalue weighted by molar-refractivity contribution is 6.00. The van der Waals surface area contributed by atoms with E-state index in [4.69, 9.17) is 0 Å². The Bertz CT molecular complexity index is 806. The SMILES string of the molecule is CC(c1ccccc1)N1CC(C(=O)N2CCc3ccncc32)CC1=O. The predicted molar refractivity (Wildman–Crippen MR) is 95.0 cm³/mol. The molecule has 4 rings (SSSR count). The Hall–Kier alpha value is -2.69. The maximum absolute atomic E-state index is 13.0. The summed E-state index contributed by atoms with van der Waals surface area (Å²) in [6.45, 7) is 3.19. The van der Waals surface area contributed by atoms with Crippen LogP contribution in [0.25, 0.3) is 0 Å². The zero-order chi connectivity index (χ0) is 17.4. The molecule has 0 saturated carbocycles. The standard InChI is InChI=1S/C20H21N3O2/c1-14(15-5-3-2-4-6-15)23-13-17(11-19(23)24)20(25)22-10-8-16-7-9-21-12-18(16)22/h2-7,9,12,14,17H,8,10-11,13H2,1H3.